The van der Waals surface area contributed by atoms with Gasteiger partial charge in [-0.15, -0.1) is 0 Å². The van der Waals surface area contributed by atoms with Gasteiger partial charge in [0.2, 0.25) is 9.84 Å². The van der Waals surface area contributed by atoms with Crippen molar-refractivity contribution in [2.24, 2.45) is 0 Å². The van der Waals surface area contributed by atoms with E-state index in [0.717, 1.165) is 6.07 Å². The highest BCUT2D eigenvalue weighted by Crippen LogP contribution is 2.26. The highest BCUT2D eigenvalue weighted by atomic mass is 79.9. The molecule has 0 atom stereocenters. The first-order valence-electron chi connectivity index (χ1n) is 4.54. The Kier molecular flexibility index (Phi) is 4.64. The standard InChI is InChI=1S/C10H10BrF2NO2S/c1-7(11)6-14-8-4-2-3-5-9(8)17(15,16)10(12)13/h2-5,10,14H,1,6H2. The summed E-state index contributed by atoms with van der Waals surface area (Å²) >= 11 is 3.08. The Morgan fingerprint density at radius 3 is 2.53 bits per heavy atom. The lowest BCUT2D eigenvalue weighted by Crippen LogP contribution is -2.14. The van der Waals surface area contributed by atoms with Crippen LogP contribution in [0.5, 0.6) is 0 Å². The molecule has 1 aromatic carbocycles. The molecule has 0 unspecified atom stereocenters. The minimum absolute atomic E-state index is 0.133. The molecule has 0 aliphatic rings. The quantitative estimate of drug-likeness (QED) is 0.905. The molecule has 94 valence electrons. The Morgan fingerprint density at radius 1 is 1.41 bits per heavy atom. The predicted molar refractivity (Wildman–Crippen MR) is 66.2 cm³/mol. The third-order valence-corrected chi connectivity index (χ3v) is 3.62. The fourth-order valence-electron chi connectivity index (χ4n) is 1.15. The molecule has 0 bridgehead atoms. The average Bonchev–Trinajstić information content (AvgIpc) is 2.26. The summed E-state index contributed by atoms with van der Waals surface area (Å²) in [4.78, 5) is -0.413. The summed E-state index contributed by atoms with van der Waals surface area (Å²) in [7, 11) is -4.60. The molecule has 1 N–H and O–H groups in total. The van der Waals surface area contributed by atoms with Crippen LogP contribution in [0.1, 0.15) is 0 Å². The van der Waals surface area contributed by atoms with Crippen molar-refractivity contribution in [3.05, 3.63) is 35.3 Å². The number of para-hydroxylation sites is 1. The SMILES string of the molecule is C=C(Br)CNc1ccccc1S(=O)(=O)C(F)F. The molecule has 0 saturated heterocycles. The number of nitrogens with one attached hydrogen (secondary N) is 1. The lowest BCUT2D eigenvalue weighted by atomic mass is 10.3. The zero-order chi connectivity index (χ0) is 13.1. The Bertz CT molecular complexity index is 517. The number of alkyl halides is 2. The van der Waals surface area contributed by atoms with Gasteiger partial charge in [0.1, 0.15) is 0 Å². The molecule has 0 radical (unpaired) electrons. The number of sulfone groups is 1. The van der Waals surface area contributed by atoms with Gasteiger partial charge in [0.05, 0.1) is 10.6 Å². The van der Waals surface area contributed by atoms with Crippen LogP contribution >= 0.6 is 15.9 Å². The number of benzene rings is 1. The van der Waals surface area contributed by atoms with Gasteiger partial charge >= 0.3 is 5.76 Å². The van der Waals surface area contributed by atoms with Crippen LogP contribution < -0.4 is 5.32 Å². The zero-order valence-electron chi connectivity index (χ0n) is 8.66. The van der Waals surface area contributed by atoms with Gasteiger partial charge in [0.15, 0.2) is 0 Å². The van der Waals surface area contributed by atoms with Crippen LogP contribution in [0.15, 0.2) is 40.2 Å². The molecule has 0 aromatic heterocycles. The Balaban J connectivity index is 3.12. The van der Waals surface area contributed by atoms with E-state index in [-0.39, 0.29) is 12.2 Å². The first-order valence-corrected chi connectivity index (χ1v) is 6.88. The summed E-state index contributed by atoms with van der Waals surface area (Å²) in [5.41, 5.74) is 0.133. The number of rotatable bonds is 5. The Hall–Kier alpha value is -0.950. The molecule has 0 fully saturated rings. The van der Waals surface area contributed by atoms with Crippen molar-refractivity contribution in [2.75, 3.05) is 11.9 Å². The summed E-state index contributed by atoms with van der Waals surface area (Å²) in [6.45, 7) is 3.80. The maximum absolute atomic E-state index is 12.4. The molecule has 3 nitrogen and oxygen atoms in total. The van der Waals surface area contributed by atoms with Gasteiger partial charge < -0.3 is 5.32 Å². The summed E-state index contributed by atoms with van der Waals surface area (Å²) in [6, 6.07) is 5.51. The van der Waals surface area contributed by atoms with Crippen LogP contribution in [0.25, 0.3) is 0 Å². The number of hydrogen-bond donors (Lipinski definition) is 1. The highest BCUT2D eigenvalue weighted by molar-refractivity contribution is 9.11. The smallest absolute Gasteiger partial charge is 0.341 e. The molecule has 0 amide bonds. The first kappa shape index (κ1) is 14.1. The van der Waals surface area contributed by atoms with Crippen LogP contribution in [0.2, 0.25) is 0 Å². The predicted octanol–water partition coefficient (Wildman–Crippen LogP) is 3.00. The van der Waals surface area contributed by atoms with Crippen LogP contribution in [0.3, 0.4) is 0 Å². The number of halogens is 3. The van der Waals surface area contributed by atoms with E-state index >= 15 is 0 Å². The highest BCUT2D eigenvalue weighted by Gasteiger charge is 2.28. The van der Waals surface area contributed by atoms with Crippen molar-refractivity contribution < 1.29 is 17.2 Å². The van der Waals surface area contributed by atoms with Crippen molar-refractivity contribution in [1.29, 1.82) is 0 Å². The second-order valence-corrected chi connectivity index (χ2v) is 6.18. The van der Waals surface area contributed by atoms with E-state index in [4.69, 9.17) is 0 Å². The molecule has 0 aliphatic carbocycles. The largest absolute Gasteiger partial charge is 0.379 e. The van der Waals surface area contributed by atoms with Gasteiger partial charge in [-0.3, -0.25) is 0 Å². The monoisotopic (exact) mass is 325 g/mol. The third kappa shape index (κ3) is 3.50. The third-order valence-electron chi connectivity index (χ3n) is 1.90. The molecule has 0 heterocycles. The van der Waals surface area contributed by atoms with Gasteiger partial charge in [-0.1, -0.05) is 34.6 Å². The van der Waals surface area contributed by atoms with Gasteiger partial charge in [-0.25, -0.2) is 8.42 Å². The first-order chi connectivity index (χ1) is 7.85. The minimum atomic E-state index is -4.60. The van der Waals surface area contributed by atoms with Crippen molar-refractivity contribution in [3.8, 4) is 0 Å². The van der Waals surface area contributed by atoms with Gasteiger partial charge in [0.25, 0.3) is 0 Å². The van der Waals surface area contributed by atoms with E-state index in [1.165, 1.54) is 12.1 Å². The van der Waals surface area contributed by atoms with Crippen LogP contribution in [0.4, 0.5) is 14.5 Å². The van der Waals surface area contributed by atoms with E-state index in [0.29, 0.717) is 4.48 Å². The molecular formula is C10H10BrF2NO2S. The lowest BCUT2D eigenvalue weighted by Gasteiger charge is -2.11. The van der Waals surface area contributed by atoms with Gasteiger partial charge in [-0.05, 0) is 12.1 Å². The van der Waals surface area contributed by atoms with Crippen molar-refractivity contribution in [3.63, 3.8) is 0 Å². The zero-order valence-corrected chi connectivity index (χ0v) is 11.1. The molecular weight excluding hydrogens is 316 g/mol. The van der Waals surface area contributed by atoms with E-state index < -0.39 is 20.5 Å². The normalized spacial score (nSPS) is 11.5. The summed E-state index contributed by atoms with van der Waals surface area (Å²) in [6.07, 6.45) is 0. The maximum atomic E-state index is 12.4. The molecule has 1 aromatic rings. The van der Waals surface area contributed by atoms with E-state index in [1.54, 1.807) is 6.07 Å². The minimum Gasteiger partial charge on any atom is -0.379 e. The number of anilines is 1. The van der Waals surface area contributed by atoms with Crippen molar-refractivity contribution in [2.45, 2.75) is 10.7 Å². The fraction of sp³-hybridized carbons (Fsp3) is 0.200. The summed E-state index contributed by atoms with van der Waals surface area (Å²) in [5, 5.41) is 2.71. The van der Waals surface area contributed by atoms with E-state index in [9.17, 15) is 17.2 Å². The van der Waals surface area contributed by atoms with E-state index in [2.05, 4.69) is 27.8 Å². The summed E-state index contributed by atoms with van der Waals surface area (Å²) < 4.78 is 48.2. The molecule has 1 rings (SSSR count). The van der Waals surface area contributed by atoms with Crippen molar-refractivity contribution in [1.82, 2.24) is 0 Å². The summed E-state index contributed by atoms with van der Waals surface area (Å²) in [5.74, 6) is -3.43. The maximum Gasteiger partial charge on any atom is 0.341 e. The van der Waals surface area contributed by atoms with Crippen LogP contribution in [-0.4, -0.2) is 20.7 Å². The molecule has 7 heteroatoms. The van der Waals surface area contributed by atoms with Crippen molar-refractivity contribution >= 4 is 31.5 Å². The Morgan fingerprint density at radius 2 is 2.00 bits per heavy atom. The second-order valence-electron chi connectivity index (χ2n) is 3.17. The van der Waals surface area contributed by atoms with Crippen LogP contribution in [0, 0.1) is 0 Å². The Labute approximate surface area is 107 Å². The van der Waals surface area contributed by atoms with Gasteiger partial charge in [0, 0.05) is 11.0 Å². The molecule has 0 spiro atoms. The van der Waals surface area contributed by atoms with Crippen LogP contribution in [-0.2, 0) is 9.84 Å². The van der Waals surface area contributed by atoms with Gasteiger partial charge in [-0.2, -0.15) is 8.78 Å². The molecule has 0 aliphatic heterocycles. The lowest BCUT2D eigenvalue weighted by molar-refractivity contribution is 0.235. The topological polar surface area (TPSA) is 46.2 Å². The number of hydrogen-bond acceptors (Lipinski definition) is 3. The molecule has 17 heavy (non-hydrogen) atoms. The fourth-order valence-corrected chi connectivity index (χ4v) is 2.20. The second kappa shape index (κ2) is 5.59. The molecule has 0 saturated carbocycles. The average molecular weight is 326 g/mol. The van der Waals surface area contributed by atoms with E-state index in [1.807, 2.05) is 0 Å².